The second-order valence-corrected chi connectivity index (χ2v) is 5.88. The molecule has 0 saturated carbocycles. The number of benzene rings is 1. The molecule has 2 aromatic rings. The molecule has 0 saturated heterocycles. The second kappa shape index (κ2) is 7.07. The van der Waals surface area contributed by atoms with E-state index in [0.717, 1.165) is 10.9 Å². The Kier molecular flexibility index (Phi) is 5.34. The molecule has 11 heteroatoms. The molecule has 0 fully saturated rings. The van der Waals surface area contributed by atoms with Gasteiger partial charge in [-0.2, -0.15) is 5.10 Å². The Morgan fingerprint density at radius 2 is 2.13 bits per heavy atom. The van der Waals surface area contributed by atoms with Gasteiger partial charge in [-0.1, -0.05) is 23.2 Å². The minimum absolute atomic E-state index is 0.00793. The van der Waals surface area contributed by atoms with Gasteiger partial charge in [-0.3, -0.25) is 19.7 Å². The van der Waals surface area contributed by atoms with Crippen molar-refractivity contribution < 1.29 is 9.72 Å². The lowest BCUT2D eigenvalue weighted by Gasteiger charge is -2.08. The molecule has 23 heavy (non-hydrogen) atoms. The van der Waals surface area contributed by atoms with Crippen molar-refractivity contribution in [2.75, 3.05) is 5.32 Å². The van der Waals surface area contributed by atoms with Crippen LogP contribution in [0.1, 0.15) is 0 Å². The fourth-order valence-corrected chi connectivity index (χ4v) is 2.34. The molecule has 0 radical (unpaired) electrons. The van der Waals surface area contributed by atoms with Gasteiger partial charge in [0.05, 0.1) is 21.8 Å². The van der Waals surface area contributed by atoms with Crippen molar-refractivity contribution in [3.05, 3.63) is 59.4 Å². The highest BCUT2D eigenvalue weighted by atomic mass is 79.9. The van der Waals surface area contributed by atoms with Crippen LogP contribution in [-0.4, -0.2) is 20.6 Å². The molecule has 1 N–H and O–H groups in total. The summed E-state index contributed by atoms with van der Waals surface area (Å²) in [6.07, 6.45) is 1.15. The molecule has 0 aliphatic heterocycles. The van der Waals surface area contributed by atoms with Crippen molar-refractivity contribution in [2.45, 2.75) is 6.54 Å². The van der Waals surface area contributed by atoms with E-state index in [1.807, 2.05) is 0 Å². The van der Waals surface area contributed by atoms with Crippen LogP contribution in [0, 0.1) is 10.1 Å². The van der Waals surface area contributed by atoms with E-state index in [9.17, 15) is 19.7 Å². The highest BCUT2D eigenvalue weighted by molar-refractivity contribution is 9.10. The zero-order chi connectivity index (χ0) is 17.1. The Bertz CT molecular complexity index is 855. The summed E-state index contributed by atoms with van der Waals surface area (Å²) in [6.45, 7) is -0.390. The number of carbonyl (C=O) groups is 1. The molecule has 1 aromatic heterocycles. The number of aromatic nitrogens is 2. The maximum Gasteiger partial charge on any atom is 0.287 e. The fourth-order valence-electron chi connectivity index (χ4n) is 1.60. The minimum atomic E-state index is -0.697. The van der Waals surface area contributed by atoms with Crippen molar-refractivity contribution in [3.8, 4) is 0 Å². The highest BCUT2D eigenvalue weighted by Crippen LogP contribution is 2.27. The number of carbonyl (C=O) groups excluding carboxylic acids is 1. The Morgan fingerprint density at radius 1 is 1.43 bits per heavy atom. The molecule has 8 nitrogen and oxygen atoms in total. The summed E-state index contributed by atoms with van der Waals surface area (Å²) in [4.78, 5) is 33.8. The summed E-state index contributed by atoms with van der Waals surface area (Å²) in [6, 6.07) is 3.86. The van der Waals surface area contributed by atoms with Gasteiger partial charge in [-0.15, -0.1) is 0 Å². The third kappa shape index (κ3) is 4.06. The maximum absolute atomic E-state index is 12.0. The van der Waals surface area contributed by atoms with Crippen LogP contribution < -0.4 is 10.9 Å². The fraction of sp³-hybridized carbons (Fsp3) is 0.0833. The average Bonchev–Trinajstić information content (AvgIpc) is 2.49. The smallest absolute Gasteiger partial charge is 0.287 e. The van der Waals surface area contributed by atoms with Crippen LogP contribution in [0.15, 0.2) is 33.7 Å². The van der Waals surface area contributed by atoms with E-state index in [2.05, 4.69) is 26.3 Å². The number of nitrogens with zero attached hydrogens (tertiary/aromatic N) is 3. The summed E-state index contributed by atoms with van der Waals surface area (Å²) in [5, 5.41) is 16.6. The molecular formula is C12H7BrCl2N4O4. The molecule has 0 atom stereocenters. The van der Waals surface area contributed by atoms with Crippen LogP contribution in [0.25, 0.3) is 0 Å². The van der Waals surface area contributed by atoms with Gasteiger partial charge in [0.2, 0.25) is 5.91 Å². The van der Waals surface area contributed by atoms with Gasteiger partial charge in [0.1, 0.15) is 11.6 Å². The van der Waals surface area contributed by atoms with Crippen molar-refractivity contribution >= 4 is 56.4 Å². The van der Waals surface area contributed by atoms with Crippen molar-refractivity contribution in [3.63, 3.8) is 0 Å². The van der Waals surface area contributed by atoms with Crippen LogP contribution in [0.4, 0.5) is 11.4 Å². The number of amides is 1. The molecule has 0 unspecified atom stereocenters. The lowest BCUT2D eigenvalue weighted by Crippen LogP contribution is -2.29. The third-order valence-electron chi connectivity index (χ3n) is 2.67. The Balaban J connectivity index is 2.16. The predicted molar refractivity (Wildman–Crippen MR) is 87.9 cm³/mol. The number of anilines is 1. The van der Waals surface area contributed by atoms with E-state index in [1.165, 1.54) is 18.2 Å². The Hall–Kier alpha value is -1.97. The third-order valence-corrected chi connectivity index (χ3v) is 4.08. The zero-order valence-electron chi connectivity index (χ0n) is 11.1. The number of non-ortho nitro benzene ring substituents is 1. The topological polar surface area (TPSA) is 107 Å². The van der Waals surface area contributed by atoms with Crippen molar-refractivity contribution in [2.24, 2.45) is 0 Å². The van der Waals surface area contributed by atoms with E-state index in [4.69, 9.17) is 23.2 Å². The lowest BCUT2D eigenvalue weighted by atomic mass is 10.3. The molecule has 1 heterocycles. The largest absolute Gasteiger partial charge is 0.323 e. The Morgan fingerprint density at radius 3 is 2.74 bits per heavy atom. The molecule has 120 valence electrons. The number of hydrogen-bond acceptors (Lipinski definition) is 5. The number of hydrogen-bond donors (Lipinski definition) is 1. The molecule has 0 bridgehead atoms. The zero-order valence-corrected chi connectivity index (χ0v) is 14.2. The first-order valence-electron chi connectivity index (χ1n) is 5.94. The molecule has 0 spiro atoms. The number of rotatable bonds is 4. The summed E-state index contributed by atoms with van der Waals surface area (Å²) < 4.78 is 1.18. The van der Waals surface area contributed by atoms with Crippen LogP contribution >= 0.6 is 39.1 Å². The van der Waals surface area contributed by atoms with E-state index < -0.39 is 16.4 Å². The number of nitrogens with one attached hydrogen (secondary N) is 1. The van der Waals surface area contributed by atoms with Gasteiger partial charge in [0.15, 0.2) is 0 Å². The van der Waals surface area contributed by atoms with E-state index in [1.54, 1.807) is 0 Å². The summed E-state index contributed by atoms with van der Waals surface area (Å²) in [7, 11) is 0. The first kappa shape index (κ1) is 17.4. The first-order chi connectivity index (χ1) is 10.8. The number of nitro benzene ring substituents is 1. The normalized spacial score (nSPS) is 10.4. The Labute approximate surface area is 147 Å². The molecule has 2 rings (SSSR count). The van der Waals surface area contributed by atoms with Crippen LogP contribution in [0.2, 0.25) is 10.0 Å². The number of nitro groups is 1. The maximum atomic E-state index is 12.0. The van der Waals surface area contributed by atoms with Crippen LogP contribution in [0.5, 0.6) is 0 Å². The standard InChI is InChI=1S/C12H7BrCl2N4O4/c13-7-3-6(19(22)23)1-2-9(7)17-10(20)5-18-12(21)11(15)8(14)4-16-18/h1-4H,5H2,(H,17,20). The lowest BCUT2D eigenvalue weighted by molar-refractivity contribution is -0.384. The monoisotopic (exact) mass is 420 g/mol. The predicted octanol–water partition coefficient (Wildman–Crippen LogP) is 2.86. The van der Waals surface area contributed by atoms with Crippen molar-refractivity contribution in [1.82, 2.24) is 9.78 Å². The summed E-state index contributed by atoms with van der Waals surface area (Å²) in [5.41, 5.74) is -0.511. The SMILES string of the molecule is O=C(Cn1ncc(Cl)c(Cl)c1=O)Nc1ccc([N+](=O)[O-])cc1Br. The average molecular weight is 422 g/mol. The van der Waals surface area contributed by atoms with Gasteiger partial charge < -0.3 is 5.32 Å². The number of halogens is 3. The second-order valence-electron chi connectivity index (χ2n) is 4.24. The molecular weight excluding hydrogens is 415 g/mol. The van der Waals surface area contributed by atoms with E-state index >= 15 is 0 Å². The molecule has 1 amide bonds. The van der Waals surface area contributed by atoms with Crippen LogP contribution in [-0.2, 0) is 11.3 Å². The molecule has 0 aliphatic carbocycles. The van der Waals surface area contributed by atoms with Crippen LogP contribution in [0.3, 0.4) is 0 Å². The minimum Gasteiger partial charge on any atom is -0.323 e. The van der Waals surface area contributed by atoms with Gasteiger partial charge in [0.25, 0.3) is 11.2 Å². The van der Waals surface area contributed by atoms with Gasteiger partial charge in [-0.25, -0.2) is 4.68 Å². The van der Waals surface area contributed by atoms with Gasteiger partial charge >= 0.3 is 0 Å². The van der Waals surface area contributed by atoms with E-state index in [0.29, 0.717) is 10.2 Å². The van der Waals surface area contributed by atoms with Gasteiger partial charge in [0, 0.05) is 16.6 Å². The van der Waals surface area contributed by atoms with Crippen molar-refractivity contribution in [1.29, 1.82) is 0 Å². The van der Waals surface area contributed by atoms with Gasteiger partial charge in [-0.05, 0) is 22.0 Å². The highest BCUT2D eigenvalue weighted by Gasteiger charge is 2.14. The van der Waals surface area contributed by atoms with E-state index in [-0.39, 0.29) is 22.3 Å². The molecule has 0 aliphatic rings. The molecule has 1 aromatic carbocycles. The summed E-state index contributed by atoms with van der Waals surface area (Å²) >= 11 is 14.5. The summed E-state index contributed by atoms with van der Waals surface area (Å²) in [5.74, 6) is -0.562. The quantitative estimate of drug-likeness (QED) is 0.603. The first-order valence-corrected chi connectivity index (χ1v) is 7.49.